The second kappa shape index (κ2) is 5.26. The molecule has 4 rings (SSSR count). The minimum atomic E-state index is 0.403. The third kappa shape index (κ3) is 2.25. The lowest BCUT2D eigenvalue weighted by molar-refractivity contribution is -0.0315. The third-order valence-corrected chi connectivity index (χ3v) is 3.41. The molecular weight excluding hydrogens is 284 g/mol. The van der Waals surface area contributed by atoms with Crippen molar-refractivity contribution in [1.29, 1.82) is 0 Å². The number of rotatable bonds is 3. The van der Waals surface area contributed by atoms with Crippen LogP contribution in [0.25, 0.3) is 0 Å². The number of hydrogen-bond acceptors (Lipinski definition) is 8. The van der Waals surface area contributed by atoms with E-state index >= 15 is 0 Å². The van der Waals surface area contributed by atoms with Crippen molar-refractivity contribution in [2.45, 2.75) is 0 Å². The lowest BCUT2D eigenvalue weighted by atomic mass is 10.3. The van der Waals surface area contributed by atoms with Crippen LogP contribution in [0.2, 0.25) is 0 Å². The van der Waals surface area contributed by atoms with Gasteiger partial charge in [0.1, 0.15) is 6.67 Å². The largest absolute Gasteiger partial charge is 0.447 e. The van der Waals surface area contributed by atoms with Gasteiger partial charge in [-0.05, 0) is 24.3 Å². The highest BCUT2D eigenvalue weighted by atomic mass is 16.7. The number of hydrazine groups is 4. The number of furan rings is 1. The van der Waals surface area contributed by atoms with E-state index in [1.165, 1.54) is 5.12 Å². The van der Waals surface area contributed by atoms with Gasteiger partial charge in [-0.25, -0.2) is 5.84 Å². The van der Waals surface area contributed by atoms with E-state index in [4.69, 9.17) is 15.1 Å². The van der Waals surface area contributed by atoms with Crippen molar-refractivity contribution in [3.63, 3.8) is 0 Å². The Morgan fingerprint density at radius 1 is 1.14 bits per heavy atom. The van der Waals surface area contributed by atoms with Crippen LogP contribution in [-0.2, 0) is 0 Å². The molecule has 2 aliphatic rings. The summed E-state index contributed by atoms with van der Waals surface area (Å²) in [6.45, 7) is 1.03. The van der Waals surface area contributed by atoms with Gasteiger partial charge in [0.25, 0.3) is 0 Å². The second-order valence-electron chi connectivity index (χ2n) is 4.90. The molecule has 1 fully saturated rings. The van der Waals surface area contributed by atoms with Crippen LogP contribution in [0.15, 0.2) is 65.0 Å². The van der Waals surface area contributed by atoms with Crippen molar-refractivity contribution in [3.8, 4) is 5.75 Å². The molecule has 8 heteroatoms. The van der Waals surface area contributed by atoms with Crippen molar-refractivity contribution >= 4 is 5.88 Å². The fourth-order valence-corrected chi connectivity index (χ4v) is 2.38. The normalized spacial score (nSPS) is 18.4. The molecular formula is C14H16N6O2. The van der Waals surface area contributed by atoms with Gasteiger partial charge in [0.05, 0.1) is 12.8 Å². The quantitative estimate of drug-likeness (QED) is 0.814. The first-order valence-electron chi connectivity index (χ1n) is 6.91. The smallest absolute Gasteiger partial charge is 0.211 e. The Balaban J connectivity index is 1.53. The van der Waals surface area contributed by atoms with E-state index in [0.29, 0.717) is 19.1 Å². The monoisotopic (exact) mass is 300 g/mol. The number of para-hydroxylation sites is 1. The summed E-state index contributed by atoms with van der Waals surface area (Å²) in [4.78, 5) is 5.86. The molecule has 2 aromatic rings. The van der Waals surface area contributed by atoms with Gasteiger partial charge in [-0.3, -0.25) is 5.01 Å². The van der Waals surface area contributed by atoms with Crippen LogP contribution in [-0.4, -0.2) is 28.5 Å². The van der Waals surface area contributed by atoms with Gasteiger partial charge in [-0.1, -0.05) is 18.2 Å². The number of benzene rings is 1. The maximum atomic E-state index is 6.03. The summed E-state index contributed by atoms with van der Waals surface area (Å²) in [5.41, 5.74) is 3.17. The Kier molecular flexibility index (Phi) is 3.11. The number of nitrogens with two attached hydrogens (primary N) is 1. The molecule has 0 radical (unpaired) electrons. The second-order valence-corrected chi connectivity index (χ2v) is 4.90. The standard InChI is InChI=1S/C14H16N6O2/c15-19-11-18(22-12-5-2-1-3-6-12)13-8-9-17(16-20(13)19)14-7-4-10-21-14/h1-8,10,16H,9,11,15H2. The van der Waals surface area contributed by atoms with E-state index in [9.17, 15) is 0 Å². The summed E-state index contributed by atoms with van der Waals surface area (Å²) in [6.07, 6.45) is 3.64. The molecule has 0 saturated carbocycles. The van der Waals surface area contributed by atoms with Gasteiger partial charge in [0.15, 0.2) is 11.6 Å². The van der Waals surface area contributed by atoms with Gasteiger partial charge >= 0.3 is 0 Å². The Morgan fingerprint density at radius 3 is 2.77 bits per heavy atom. The molecule has 3 N–H and O–H groups in total. The van der Waals surface area contributed by atoms with Crippen LogP contribution in [0.1, 0.15) is 0 Å². The molecule has 1 aromatic heterocycles. The lowest BCUT2D eigenvalue weighted by Gasteiger charge is -2.35. The average molecular weight is 300 g/mol. The van der Waals surface area contributed by atoms with Gasteiger partial charge in [-0.15, -0.1) is 10.7 Å². The molecule has 0 aliphatic carbocycles. The van der Waals surface area contributed by atoms with E-state index in [1.54, 1.807) is 16.4 Å². The Morgan fingerprint density at radius 2 is 2.00 bits per heavy atom. The molecule has 3 heterocycles. The average Bonchev–Trinajstić information content (AvgIpc) is 3.18. The van der Waals surface area contributed by atoms with E-state index in [1.807, 2.05) is 53.5 Å². The van der Waals surface area contributed by atoms with Crippen molar-refractivity contribution in [2.24, 2.45) is 5.84 Å². The molecule has 22 heavy (non-hydrogen) atoms. The lowest BCUT2D eigenvalue weighted by Crippen LogP contribution is -2.58. The zero-order chi connectivity index (χ0) is 14.9. The number of nitrogens with one attached hydrogen (secondary N) is 1. The Labute approximate surface area is 127 Å². The van der Waals surface area contributed by atoms with Crippen molar-refractivity contribution < 1.29 is 9.25 Å². The molecule has 0 spiro atoms. The van der Waals surface area contributed by atoms with E-state index < -0.39 is 0 Å². The maximum absolute atomic E-state index is 6.03. The van der Waals surface area contributed by atoms with E-state index in [-0.39, 0.29) is 0 Å². The minimum absolute atomic E-state index is 0.403. The van der Waals surface area contributed by atoms with Crippen molar-refractivity contribution in [2.75, 3.05) is 18.2 Å². The van der Waals surface area contributed by atoms with Gasteiger partial charge in [-0.2, -0.15) is 10.2 Å². The predicted octanol–water partition coefficient (Wildman–Crippen LogP) is 1.02. The molecule has 0 amide bonds. The molecule has 0 bridgehead atoms. The summed E-state index contributed by atoms with van der Waals surface area (Å²) in [5, 5.41) is 6.79. The maximum Gasteiger partial charge on any atom is 0.211 e. The summed E-state index contributed by atoms with van der Waals surface area (Å²) < 4.78 is 5.38. The summed E-state index contributed by atoms with van der Waals surface area (Å²) in [7, 11) is 0. The number of fused-ring (bicyclic) bond motifs is 1. The Hall–Kier alpha value is -2.68. The van der Waals surface area contributed by atoms with Crippen LogP contribution >= 0.6 is 0 Å². The first-order valence-corrected chi connectivity index (χ1v) is 6.91. The summed E-state index contributed by atoms with van der Waals surface area (Å²) in [5.74, 6) is 8.32. The number of anilines is 1. The fourth-order valence-electron chi connectivity index (χ4n) is 2.38. The van der Waals surface area contributed by atoms with Crippen molar-refractivity contribution in [1.82, 2.24) is 20.8 Å². The van der Waals surface area contributed by atoms with Gasteiger partial charge in [0, 0.05) is 6.07 Å². The number of hydroxylamine groups is 2. The highest BCUT2D eigenvalue weighted by Gasteiger charge is 2.36. The van der Waals surface area contributed by atoms with Crippen LogP contribution in [0.3, 0.4) is 0 Å². The first-order chi connectivity index (χ1) is 10.8. The Bertz CT molecular complexity index is 659. The first kappa shape index (κ1) is 13.0. The minimum Gasteiger partial charge on any atom is -0.447 e. The molecule has 114 valence electrons. The summed E-state index contributed by atoms with van der Waals surface area (Å²) >= 11 is 0. The summed E-state index contributed by atoms with van der Waals surface area (Å²) in [6, 6.07) is 13.3. The molecule has 2 aliphatic heterocycles. The molecule has 0 unspecified atom stereocenters. The van der Waals surface area contributed by atoms with Gasteiger partial charge in [0.2, 0.25) is 5.88 Å². The fraction of sp³-hybridized carbons (Fsp3) is 0.143. The third-order valence-electron chi connectivity index (χ3n) is 3.41. The van der Waals surface area contributed by atoms with Crippen LogP contribution in [0.5, 0.6) is 5.75 Å². The highest BCUT2D eigenvalue weighted by Crippen LogP contribution is 2.25. The zero-order valence-corrected chi connectivity index (χ0v) is 11.8. The van der Waals surface area contributed by atoms with E-state index in [0.717, 1.165) is 11.6 Å². The zero-order valence-electron chi connectivity index (χ0n) is 11.8. The molecule has 1 aromatic carbocycles. The van der Waals surface area contributed by atoms with Crippen LogP contribution in [0, 0.1) is 0 Å². The van der Waals surface area contributed by atoms with Crippen molar-refractivity contribution in [3.05, 3.63) is 60.6 Å². The van der Waals surface area contributed by atoms with Crippen LogP contribution in [0.4, 0.5) is 5.88 Å². The predicted molar refractivity (Wildman–Crippen MR) is 78.9 cm³/mol. The van der Waals surface area contributed by atoms with Gasteiger partial charge < -0.3 is 9.25 Å². The number of hydrogen-bond donors (Lipinski definition) is 2. The highest BCUT2D eigenvalue weighted by molar-refractivity contribution is 5.35. The van der Waals surface area contributed by atoms with Crippen LogP contribution < -0.4 is 21.2 Å². The molecule has 0 atom stereocenters. The molecule has 1 saturated heterocycles. The topological polar surface area (TPSA) is 73.4 Å². The SMILES string of the molecule is NN1CN(Oc2ccccc2)C2=CCN(c3ccco3)NN21. The van der Waals surface area contributed by atoms with E-state index in [2.05, 4.69) is 5.53 Å². The molecule has 8 nitrogen and oxygen atoms in total. The number of nitrogens with zero attached hydrogens (tertiary/aromatic N) is 4.